The molecule has 3 aliphatic rings. The third-order valence-electron chi connectivity index (χ3n) is 6.74. The number of pyridine rings is 2. The summed E-state index contributed by atoms with van der Waals surface area (Å²) in [5, 5.41) is 14.7. The van der Waals surface area contributed by atoms with Gasteiger partial charge in [0.05, 0.1) is 29.0 Å². The predicted octanol–water partition coefficient (Wildman–Crippen LogP) is 2.26. The van der Waals surface area contributed by atoms with E-state index in [9.17, 15) is 19.1 Å². The van der Waals surface area contributed by atoms with Crippen LogP contribution in [0.25, 0.3) is 22.3 Å². The van der Waals surface area contributed by atoms with E-state index < -0.39 is 12.1 Å². The molecule has 1 aromatic carbocycles. The summed E-state index contributed by atoms with van der Waals surface area (Å²) in [6, 6.07) is 5.50. The van der Waals surface area contributed by atoms with E-state index in [-0.39, 0.29) is 29.1 Å². The van der Waals surface area contributed by atoms with E-state index in [1.165, 1.54) is 18.9 Å². The molecule has 0 bridgehead atoms. The van der Waals surface area contributed by atoms with Crippen LogP contribution in [0, 0.1) is 12.7 Å². The Hall–Kier alpha value is -3.10. The molecule has 1 atom stereocenters. The van der Waals surface area contributed by atoms with Crippen LogP contribution in [0.1, 0.15) is 46.8 Å². The van der Waals surface area contributed by atoms with Gasteiger partial charge in [-0.2, -0.15) is 0 Å². The Kier molecular flexibility index (Phi) is 4.25. The molecule has 164 valence electrons. The van der Waals surface area contributed by atoms with Crippen LogP contribution in [0.5, 0.6) is 0 Å². The third kappa shape index (κ3) is 2.90. The molecule has 7 nitrogen and oxygen atoms in total. The van der Waals surface area contributed by atoms with E-state index in [1.807, 2.05) is 6.07 Å². The number of fused-ring (bicyclic) bond motifs is 5. The molecule has 0 radical (unpaired) electrons. The van der Waals surface area contributed by atoms with Gasteiger partial charge in [-0.3, -0.25) is 4.79 Å². The van der Waals surface area contributed by atoms with Crippen LogP contribution in [-0.2, 0) is 29.1 Å². The second-order valence-corrected chi connectivity index (χ2v) is 8.88. The fourth-order valence-electron chi connectivity index (χ4n) is 4.81. The van der Waals surface area contributed by atoms with Crippen molar-refractivity contribution >= 4 is 16.9 Å². The number of carbonyl (C=O) groups is 1. The van der Waals surface area contributed by atoms with E-state index in [0.29, 0.717) is 35.1 Å². The number of hydrogen-bond donors (Lipinski definition) is 2. The topological polar surface area (TPSA) is 93.5 Å². The predicted molar refractivity (Wildman–Crippen MR) is 115 cm³/mol. The SMILES string of the molecule is Cc1cc2c(CCNC3CC3)c3c(nc2cc1F)-c1cc2c(c(=O)n1C3)COC(=O)C2O. The van der Waals surface area contributed by atoms with Crippen molar-refractivity contribution in [2.45, 2.75) is 51.5 Å². The van der Waals surface area contributed by atoms with Crippen LogP contribution in [0.3, 0.4) is 0 Å². The number of nitrogens with one attached hydrogen (secondary N) is 1. The van der Waals surface area contributed by atoms with Gasteiger partial charge in [-0.25, -0.2) is 14.2 Å². The molecule has 3 aromatic rings. The molecule has 2 N–H and O–H groups in total. The number of aryl methyl sites for hydroxylation is 1. The molecular weight excluding hydrogens is 413 g/mol. The molecule has 0 spiro atoms. The van der Waals surface area contributed by atoms with Crippen LogP contribution in [0.2, 0.25) is 0 Å². The smallest absolute Gasteiger partial charge is 0.340 e. The monoisotopic (exact) mass is 435 g/mol. The first kappa shape index (κ1) is 19.6. The molecule has 0 amide bonds. The lowest BCUT2D eigenvalue weighted by atomic mass is 9.96. The molecular formula is C24H22FN3O4. The maximum atomic E-state index is 14.4. The van der Waals surface area contributed by atoms with E-state index in [1.54, 1.807) is 17.6 Å². The quantitative estimate of drug-likeness (QED) is 0.478. The minimum atomic E-state index is -1.50. The van der Waals surface area contributed by atoms with Crippen LogP contribution in [-0.4, -0.2) is 33.2 Å². The number of ether oxygens (including phenoxy) is 1. The van der Waals surface area contributed by atoms with Gasteiger partial charge < -0.3 is 19.7 Å². The maximum Gasteiger partial charge on any atom is 0.340 e. The average molecular weight is 435 g/mol. The molecule has 1 saturated carbocycles. The molecule has 1 fully saturated rings. The minimum Gasteiger partial charge on any atom is -0.458 e. The van der Waals surface area contributed by atoms with Crippen molar-refractivity contribution in [3.63, 3.8) is 0 Å². The molecule has 2 aliphatic heterocycles. The number of carbonyl (C=O) groups excluding carboxylic acids is 1. The molecule has 32 heavy (non-hydrogen) atoms. The number of aromatic nitrogens is 2. The summed E-state index contributed by atoms with van der Waals surface area (Å²) in [6.45, 7) is 2.72. The van der Waals surface area contributed by atoms with Crippen molar-refractivity contribution in [3.8, 4) is 11.4 Å². The summed E-state index contributed by atoms with van der Waals surface area (Å²) in [5.74, 6) is -1.10. The number of rotatable bonds is 4. The summed E-state index contributed by atoms with van der Waals surface area (Å²) in [4.78, 5) is 29.8. The molecule has 6 rings (SSSR count). The number of aliphatic hydroxyl groups excluding tert-OH is 1. The van der Waals surface area contributed by atoms with E-state index >= 15 is 0 Å². The van der Waals surface area contributed by atoms with Crippen molar-refractivity contribution in [3.05, 3.63) is 62.2 Å². The molecule has 8 heteroatoms. The van der Waals surface area contributed by atoms with Crippen LogP contribution >= 0.6 is 0 Å². The fraction of sp³-hybridized carbons (Fsp3) is 0.375. The number of benzene rings is 1. The first-order chi connectivity index (χ1) is 15.4. The Labute approximate surface area is 182 Å². The van der Waals surface area contributed by atoms with Crippen molar-refractivity contribution in [1.29, 1.82) is 0 Å². The van der Waals surface area contributed by atoms with E-state index in [2.05, 4.69) is 5.32 Å². The summed E-state index contributed by atoms with van der Waals surface area (Å²) in [7, 11) is 0. The van der Waals surface area contributed by atoms with Gasteiger partial charge in [-0.15, -0.1) is 0 Å². The highest BCUT2D eigenvalue weighted by Gasteiger charge is 2.34. The largest absolute Gasteiger partial charge is 0.458 e. The average Bonchev–Trinajstić information content (AvgIpc) is 3.52. The number of nitrogens with zero attached hydrogens (tertiary/aromatic N) is 2. The fourth-order valence-corrected chi connectivity index (χ4v) is 4.81. The Bertz CT molecular complexity index is 1380. The molecule has 4 heterocycles. The highest BCUT2D eigenvalue weighted by atomic mass is 19.1. The van der Waals surface area contributed by atoms with Crippen molar-refractivity contribution in [1.82, 2.24) is 14.9 Å². The lowest BCUT2D eigenvalue weighted by Crippen LogP contribution is -2.32. The van der Waals surface area contributed by atoms with Crippen molar-refractivity contribution < 1.29 is 19.0 Å². The zero-order valence-electron chi connectivity index (χ0n) is 17.6. The number of cyclic esters (lactones) is 1. The number of hydrogen-bond acceptors (Lipinski definition) is 6. The Morgan fingerprint density at radius 1 is 1.25 bits per heavy atom. The highest BCUT2D eigenvalue weighted by molar-refractivity contribution is 5.89. The van der Waals surface area contributed by atoms with Gasteiger partial charge >= 0.3 is 5.97 Å². The Morgan fingerprint density at radius 2 is 2.06 bits per heavy atom. The zero-order chi connectivity index (χ0) is 22.1. The zero-order valence-corrected chi connectivity index (χ0v) is 17.6. The summed E-state index contributed by atoms with van der Waals surface area (Å²) < 4.78 is 21.0. The lowest BCUT2D eigenvalue weighted by Gasteiger charge is -2.21. The Morgan fingerprint density at radius 3 is 2.84 bits per heavy atom. The molecule has 0 saturated heterocycles. The molecule has 1 unspecified atom stereocenters. The summed E-state index contributed by atoms with van der Waals surface area (Å²) in [5.41, 5.74) is 4.47. The van der Waals surface area contributed by atoms with Crippen LogP contribution in [0.4, 0.5) is 4.39 Å². The van der Waals surface area contributed by atoms with Gasteiger partial charge in [0, 0.05) is 28.6 Å². The van der Waals surface area contributed by atoms with Gasteiger partial charge in [-0.05, 0) is 56.0 Å². The maximum absolute atomic E-state index is 14.4. The van der Waals surface area contributed by atoms with Gasteiger partial charge in [0.2, 0.25) is 0 Å². The van der Waals surface area contributed by atoms with Crippen LogP contribution in [0.15, 0.2) is 23.0 Å². The first-order valence-corrected chi connectivity index (χ1v) is 10.9. The second-order valence-electron chi connectivity index (χ2n) is 8.88. The standard InChI is InChI=1S/C24H22FN3O4/c1-11-6-14-13(4-5-26-12-2-3-12)16-9-28-20(21(16)27-19(14)8-18(11)25)7-15-17(23(28)30)10-32-24(31)22(15)29/h6-8,12,22,26,29H,2-5,9-10H2,1H3. The summed E-state index contributed by atoms with van der Waals surface area (Å²) in [6.07, 6.45) is 1.61. The number of aliphatic hydroxyl groups is 1. The van der Waals surface area contributed by atoms with Gasteiger partial charge in [0.25, 0.3) is 5.56 Å². The normalized spacial score (nSPS) is 19.0. The van der Waals surface area contributed by atoms with E-state index in [4.69, 9.17) is 9.72 Å². The van der Waals surface area contributed by atoms with Crippen molar-refractivity contribution in [2.75, 3.05) is 6.54 Å². The highest BCUT2D eigenvalue weighted by Crippen LogP contribution is 2.38. The first-order valence-electron chi connectivity index (χ1n) is 10.9. The molecule has 1 aliphatic carbocycles. The minimum absolute atomic E-state index is 0.154. The molecule has 2 aromatic heterocycles. The van der Waals surface area contributed by atoms with E-state index in [0.717, 1.165) is 29.5 Å². The number of halogens is 1. The summed E-state index contributed by atoms with van der Waals surface area (Å²) >= 11 is 0. The van der Waals surface area contributed by atoms with Gasteiger partial charge in [-0.1, -0.05) is 0 Å². The second kappa shape index (κ2) is 6.95. The van der Waals surface area contributed by atoms with Crippen molar-refractivity contribution in [2.24, 2.45) is 0 Å². The number of esters is 1. The lowest BCUT2D eigenvalue weighted by molar-refractivity contribution is -0.157. The van der Waals surface area contributed by atoms with Crippen LogP contribution < -0.4 is 10.9 Å². The Balaban J connectivity index is 1.55. The van der Waals surface area contributed by atoms with Gasteiger partial charge in [0.15, 0.2) is 6.10 Å². The van der Waals surface area contributed by atoms with Gasteiger partial charge in [0.1, 0.15) is 12.4 Å². The third-order valence-corrected chi connectivity index (χ3v) is 6.74.